The summed E-state index contributed by atoms with van der Waals surface area (Å²) in [6, 6.07) is 115. The molecule has 466 valence electrons. The van der Waals surface area contributed by atoms with Crippen molar-refractivity contribution in [2.45, 2.75) is 110 Å². The van der Waals surface area contributed by atoms with Crippen LogP contribution in [-0.4, -0.2) is 28.4 Å². The fourth-order valence-corrected chi connectivity index (χ4v) is 27.2. The third-order valence-electron chi connectivity index (χ3n) is 22.6. The van der Waals surface area contributed by atoms with Crippen molar-refractivity contribution in [3.8, 4) is 0 Å². The number of benzene rings is 12. The normalized spacial score (nSPS) is 17.2. The Morgan fingerprint density at radius 1 is 0.379 bits per heavy atom. The van der Waals surface area contributed by atoms with Gasteiger partial charge in [-0.2, -0.15) is 0 Å². The van der Waals surface area contributed by atoms with Crippen molar-refractivity contribution in [3.05, 3.63) is 320 Å². The van der Waals surface area contributed by atoms with Crippen LogP contribution in [0.1, 0.15) is 103 Å². The molecule has 3 aliphatic heterocycles. The van der Waals surface area contributed by atoms with Crippen LogP contribution in [0.25, 0.3) is 0 Å². The van der Waals surface area contributed by atoms with Gasteiger partial charge in [-0.05, 0) is 167 Å². The predicted molar refractivity (Wildman–Crippen MR) is 413 cm³/mol. The lowest BCUT2D eigenvalue weighted by Crippen LogP contribution is -2.74. The SMILES string of the molecule is Cc1cc2c3c(c1)C1(C)CCCCC1(C)N3c1cc(N(c3ccc([Si](c4ccccc4)(c4ccccc4)c4ccccc4)cc3)c3ccc([Si](c4ccccc4)(c4ccccc4)c4ccccc4)cc3)cc3c1B2c1ccc(C(C)(C)C)cc1N3c1cccc(C(C)(C)C)c1. The first kappa shape index (κ1) is 60.5. The zero-order valence-corrected chi connectivity index (χ0v) is 58.5. The van der Waals surface area contributed by atoms with Gasteiger partial charge in [0.05, 0.1) is 11.2 Å². The van der Waals surface area contributed by atoms with Crippen LogP contribution >= 0.6 is 0 Å². The largest absolute Gasteiger partial charge is 0.335 e. The van der Waals surface area contributed by atoms with Crippen LogP contribution in [0.3, 0.4) is 0 Å². The maximum atomic E-state index is 2.91. The minimum absolute atomic E-state index is 0.00321. The molecule has 2 unspecified atom stereocenters. The Bertz CT molecular complexity index is 4470. The lowest BCUT2D eigenvalue weighted by Gasteiger charge is -2.53. The van der Waals surface area contributed by atoms with Crippen LogP contribution in [0.2, 0.25) is 0 Å². The Labute approximate surface area is 566 Å². The van der Waals surface area contributed by atoms with Crippen LogP contribution in [-0.2, 0) is 16.2 Å². The number of aryl methyl sites for hydroxylation is 1. The van der Waals surface area contributed by atoms with Gasteiger partial charge in [0, 0.05) is 45.2 Å². The summed E-state index contributed by atoms with van der Waals surface area (Å²) in [7, 11) is -5.80. The van der Waals surface area contributed by atoms with E-state index in [0.29, 0.717) is 0 Å². The lowest BCUT2D eigenvalue weighted by molar-refractivity contribution is 0.195. The number of rotatable bonds is 12. The van der Waals surface area contributed by atoms with Crippen molar-refractivity contribution < 1.29 is 0 Å². The van der Waals surface area contributed by atoms with E-state index in [0.717, 1.165) is 29.9 Å². The quantitative estimate of drug-likeness (QED) is 0.0892. The molecule has 0 saturated heterocycles. The van der Waals surface area contributed by atoms with Gasteiger partial charge in [0.2, 0.25) is 0 Å². The molecular weight excluding hydrogens is 1180 g/mol. The Hall–Kier alpha value is -9.46. The summed E-state index contributed by atoms with van der Waals surface area (Å²) in [5.74, 6) is 0. The molecule has 12 aromatic carbocycles. The van der Waals surface area contributed by atoms with Crippen molar-refractivity contribution >= 4 is 126 Å². The van der Waals surface area contributed by atoms with Gasteiger partial charge in [-0.15, -0.1) is 0 Å². The molecule has 0 spiro atoms. The molecule has 2 atom stereocenters. The number of hydrogen-bond acceptors (Lipinski definition) is 3. The van der Waals surface area contributed by atoms with E-state index >= 15 is 0 Å². The molecule has 12 aromatic rings. The molecule has 0 N–H and O–H groups in total. The van der Waals surface area contributed by atoms with Crippen molar-refractivity contribution in [1.29, 1.82) is 0 Å². The summed E-state index contributed by atoms with van der Waals surface area (Å²) in [6.45, 7) is 21.8. The van der Waals surface area contributed by atoms with Crippen LogP contribution in [0.15, 0.2) is 297 Å². The second kappa shape index (κ2) is 22.9. The monoisotopic (exact) mass is 1260 g/mol. The highest BCUT2D eigenvalue weighted by Crippen LogP contribution is 2.62. The fraction of sp³-hybridized carbons (Fsp3) is 0.191. The molecule has 6 heteroatoms. The van der Waals surface area contributed by atoms with Crippen molar-refractivity contribution in [1.82, 2.24) is 0 Å². The molecule has 1 aliphatic carbocycles. The molecular formula is C89H84BN3Si2. The first-order valence-corrected chi connectivity index (χ1v) is 38.6. The Balaban J connectivity index is 1.00. The van der Waals surface area contributed by atoms with Gasteiger partial charge in [-0.1, -0.05) is 310 Å². The van der Waals surface area contributed by atoms with Gasteiger partial charge in [0.15, 0.2) is 16.1 Å². The highest BCUT2D eigenvalue weighted by atomic mass is 28.3. The summed E-state index contributed by atoms with van der Waals surface area (Å²) in [4.78, 5) is 8.21. The molecule has 1 saturated carbocycles. The molecule has 1 fully saturated rings. The Morgan fingerprint density at radius 3 is 1.25 bits per heavy atom. The second-order valence-corrected chi connectivity index (χ2v) is 37.6. The molecule has 16 rings (SSSR count). The van der Waals surface area contributed by atoms with Gasteiger partial charge < -0.3 is 14.7 Å². The van der Waals surface area contributed by atoms with E-state index in [4.69, 9.17) is 0 Å². The Kier molecular flexibility index (Phi) is 14.6. The van der Waals surface area contributed by atoms with Crippen LogP contribution in [0.5, 0.6) is 0 Å². The van der Waals surface area contributed by atoms with Gasteiger partial charge in [0.1, 0.15) is 0 Å². The number of anilines is 8. The summed E-state index contributed by atoms with van der Waals surface area (Å²) in [5, 5.41) is 10.8. The number of fused-ring (bicyclic) bond motifs is 7. The zero-order chi connectivity index (χ0) is 65.1. The molecule has 3 nitrogen and oxygen atoms in total. The molecule has 0 amide bonds. The van der Waals surface area contributed by atoms with Gasteiger partial charge in [0.25, 0.3) is 6.71 Å². The van der Waals surface area contributed by atoms with Crippen LogP contribution < -0.4 is 72.6 Å². The van der Waals surface area contributed by atoms with E-state index in [1.165, 1.54) is 121 Å². The maximum Gasteiger partial charge on any atom is 0.252 e. The number of hydrogen-bond donors (Lipinski definition) is 0. The molecule has 0 aromatic heterocycles. The first-order chi connectivity index (χ1) is 46.0. The predicted octanol–water partition coefficient (Wildman–Crippen LogP) is 15.2. The summed E-state index contributed by atoms with van der Waals surface area (Å²) < 4.78 is 0. The first-order valence-electron chi connectivity index (χ1n) is 34.6. The highest BCUT2D eigenvalue weighted by molar-refractivity contribution is 7.20. The molecule has 0 bridgehead atoms. The van der Waals surface area contributed by atoms with Crippen molar-refractivity contribution in [2.75, 3.05) is 14.7 Å². The minimum atomic E-state index is -2.90. The minimum Gasteiger partial charge on any atom is -0.335 e. The molecule has 95 heavy (non-hydrogen) atoms. The van der Waals surface area contributed by atoms with E-state index in [-0.39, 0.29) is 28.5 Å². The topological polar surface area (TPSA) is 9.72 Å². The molecule has 4 aliphatic rings. The van der Waals surface area contributed by atoms with E-state index in [1.807, 2.05) is 0 Å². The molecule has 3 heterocycles. The highest BCUT2D eigenvalue weighted by Gasteiger charge is 2.61. The summed E-state index contributed by atoms with van der Waals surface area (Å²) in [5.41, 5.74) is 19.1. The van der Waals surface area contributed by atoms with Crippen molar-refractivity contribution in [3.63, 3.8) is 0 Å². The lowest BCUT2D eigenvalue weighted by atomic mass is 9.33. The number of nitrogens with zero attached hydrogens (tertiary/aromatic N) is 3. The van der Waals surface area contributed by atoms with Crippen molar-refractivity contribution in [2.24, 2.45) is 0 Å². The molecule has 0 radical (unpaired) electrons. The summed E-state index contributed by atoms with van der Waals surface area (Å²) >= 11 is 0. The zero-order valence-electron chi connectivity index (χ0n) is 56.5. The van der Waals surface area contributed by atoms with E-state index < -0.39 is 16.1 Å². The maximum absolute atomic E-state index is 2.91. The van der Waals surface area contributed by atoms with Crippen LogP contribution in [0.4, 0.5) is 45.5 Å². The van der Waals surface area contributed by atoms with Gasteiger partial charge in [-0.25, -0.2) is 0 Å². The van der Waals surface area contributed by atoms with E-state index in [9.17, 15) is 0 Å². The average Bonchev–Trinajstić information content (AvgIpc) is 1.54. The fourth-order valence-electron chi connectivity index (χ4n) is 17.8. The van der Waals surface area contributed by atoms with E-state index in [2.05, 4.69) is 374 Å². The average molecular weight is 1260 g/mol. The summed E-state index contributed by atoms with van der Waals surface area (Å²) in [6.07, 6.45) is 4.70. The van der Waals surface area contributed by atoms with Crippen LogP contribution in [0, 0.1) is 6.92 Å². The smallest absolute Gasteiger partial charge is 0.252 e. The third kappa shape index (κ3) is 9.40. The van der Waals surface area contributed by atoms with Gasteiger partial charge >= 0.3 is 0 Å². The van der Waals surface area contributed by atoms with E-state index in [1.54, 1.807) is 0 Å². The third-order valence-corrected chi connectivity index (χ3v) is 32.2. The van der Waals surface area contributed by atoms with Gasteiger partial charge in [-0.3, -0.25) is 0 Å². The Morgan fingerprint density at radius 2 is 0.800 bits per heavy atom. The standard InChI is InChI=1S/C89H84BN3Si2/c1-63-57-78-85-80(58-63)90-79-54-45-65(87(5,6)7)60-81(79)92(68-32-30-31-64(59-68)86(2,3)4)82-61-69(62-83(84(82)90)93(85)89(9)56-29-28-55-88(78,89)8)91(66-46-50-76(51-47-66)94(70-33-16-10-17-34-70,71-35-18-11-19-36-71)72-37-20-12-21-38-72)67-48-52-77(53-49-67)95(73-39-22-13-23-40-73,74-41-24-14-25-42-74)75-43-26-15-27-44-75/h10-27,30-54,57-62H,28-29,55-56H2,1-9H3. The second-order valence-electron chi connectivity index (χ2n) is 30.0.